The number of piperidine rings is 1. The lowest BCUT2D eigenvalue weighted by Crippen LogP contribution is -2.23. The number of hydrogen-bond donors (Lipinski definition) is 1. The Morgan fingerprint density at radius 1 is 0.952 bits per heavy atom. The molecule has 0 aliphatic carbocycles. The average Bonchev–Trinajstić information content (AvgIpc) is 2.49. The predicted molar refractivity (Wildman–Crippen MR) is 85.7 cm³/mol. The van der Waals surface area contributed by atoms with Crippen molar-refractivity contribution in [2.24, 2.45) is 0 Å². The van der Waals surface area contributed by atoms with Crippen molar-refractivity contribution < 1.29 is 4.39 Å². The lowest BCUT2D eigenvalue weighted by atomic mass is 9.88. The highest BCUT2D eigenvalue weighted by molar-refractivity contribution is 5.82. The second-order valence-corrected chi connectivity index (χ2v) is 5.61. The first-order valence-corrected chi connectivity index (χ1v) is 7.50. The zero-order valence-corrected chi connectivity index (χ0v) is 12.3. The van der Waals surface area contributed by atoms with Gasteiger partial charge >= 0.3 is 0 Å². The van der Waals surface area contributed by atoms with Crippen molar-refractivity contribution in [3.05, 3.63) is 76.6 Å². The van der Waals surface area contributed by atoms with Crippen LogP contribution in [0.1, 0.15) is 29.5 Å². The molecule has 0 unspecified atom stereocenters. The minimum atomic E-state index is -0.174. The van der Waals surface area contributed by atoms with E-state index in [0.717, 1.165) is 31.5 Å². The van der Waals surface area contributed by atoms with Crippen LogP contribution in [0.3, 0.4) is 0 Å². The van der Waals surface area contributed by atoms with Gasteiger partial charge in [-0.2, -0.15) is 0 Å². The van der Waals surface area contributed by atoms with E-state index in [2.05, 4.69) is 36.5 Å². The van der Waals surface area contributed by atoms with E-state index in [0.29, 0.717) is 0 Å². The van der Waals surface area contributed by atoms with Gasteiger partial charge in [-0.25, -0.2) is 4.39 Å². The van der Waals surface area contributed by atoms with E-state index in [4.69, 9.17) is 0 Å². The van der Waals surface area contributed by atoms with Crippen LogP contribution in [0.4, 0.5) is 4.39 Å². The van der Waals surface area contributed by atoms with Crippen molar-refractivity contribution in [2.45, 2.75) is 19.8 Å². The molecule has 1 saturated heterocycles. The summed E-state index contributed by atoms with van der Waals surface area (Å²) in [6.45, 7) is 4.10. The zero-order valence-electron chi connectivity index (χ0n) is 12.3. The van der Waals surface area contributed by atoms with E-state index < -0.39 is 0 Å². The molecule has 0 spiro atoms. The summed E-state index contributed by atoms with van der Waals surface area (Å²) in [6.07, 6.45) is 2.06. The first-order chi connectivity index (χ1) is 10.2. The minimum absolute atomic E-state index is 0.174. The Morgan fingerprint density at radius 2 is 1.62 bits per heavy atom. The SMILES string of the molecule is Cc1cccc(C(=C2CCNCC2)c2cccc(F)c2)c1. The van der Waals surface area contributed by atoms with Crippen LogP contribution < -0.4 is 5.32 Å². The highest BCUT2D eigenvalue weighted by Gasteiger charge is 2.15. The van der Waals surface area contributed by atoms with Gasteiger partial charge in [-0.3, -0.25) is 0 Å². The molecule has 0 atom stereocenters. The quantitative estimate of drug-likeness (QED) is 0.864. The number of hydrogen-bond acceptors (Lipinski definition) is 1. The average molecular weight is 281 g/mol. The molecule has 1 fully saturated rings. The molecule has 3 rings (SSSR count). The fraction of sp³-hybridized carbons (Fsp3) is 0.263. The summed E-state index contributed by atoms with van der Waals surface area (Å²) in [4.78, 5) is 0. The number of aryl methyl sites for hydroxylation is 1. The molecule has 108 valence electrons. The Hall–Kier alpha value is -1.93. The Bertz CT molecular complexity index is 617. The second kappa shape index (κ2) is 6.23. The maximum Gasteiger partial charge on any atom is 0.123 e. The molecule has 2 aromatic carbocycles. The summed E-state index contributed by atoms with van der Waals surface area (Å²) in [5, 5.41) is 3.39. The predicted octanol–water partition coefficient (Wildman–Crippen LogP) is 4.32. The summed E-state index contributed by atoms with van der Waals surface area (Å²) < 4.78 is 13.7. The van der Waals surface area contributed by atoms with E-state index in [1.54, 1.807) is 12.1 Å². The van der Waals surface area contributed by atoms with Crippen LogP contribution in [0.25, 0.3) is 5.57 Å². The molecular weight excluding hydrogens is 261 g/mol. The maximum absolute atomic E-state index is 13.7. The van der Waals surface area contributed by atoms with Gasteiger partial charge in [0.05, 0.1) is 0 Å². The Morgan fingerprint density at radius 3 is 2.29 bits per heavy atom. The van der Waals surface area contributed by atoms with Gasteiger partial charge in [0.1, 0.15) is 5.82 Å². The number of rotatable bonds is 2. The van der Waals surface area contributed by atoms with E-state index in [1.165, 1.54) is 28.3 Å². The molecule has 0 aromatic heterocycles. The molecule has 2 heteroatoms. The van der Waals surface area contributed by atoms with E-state index in [9.17, 15) is 4.39 Å². The van der Waals surface area contributed by atoms with Gasteiger partial charge in [0.15, 0.2) is 0 Å². The van der Waals surface area contributed by atoms with Gasteiger partial charge in [-0.05, 0) is 61.7 Å². The molecule has 21 heavy (non-hydrogen) atoms. The first-order valence-electron chi connectivity index (χ1n) is 7.50. The molecule has 1 aliphatic rings. The molecular formula is C19H20FN. The van der Waals surface area contributed by atoms with Crippen LogP contribution in [0, 0.1) is 12.7 Å². The van der Waals surface area contributed by atoms with Gasteiger partial charge in [0.2, 0.25) is 0 Å². The van der Waals surface area contributed by atoms with Crippen LogP contribution in [-0.2, 0) is 0 Å². The van der Waals surface area contributed by atoms with Crippen molar-refractivity contribution in [3.63, 3.8) is 0 Å². The number of benzene rings is 2. The third-order valence-electron chi connectivity index (χ3n) is 3.98. The highest BCUT2D eigenvalue weighted by atomic mass is 19.1. The maximum atomic E-state index is 13.7. The summed E-state index contributed by atoms with van der Waals surface area (Å²) >= 11 is 0. The fourth-order valence-electron chi connectivity index (χ4n) is 3.00. The molecule has 1 nitrogen and oxygen atoms in total. The van der Waals surface area contributed by atoms with E-state index in [-0.39, 0.29) is 5.82 Å². The minimum Gasteiger partial charge on any atom is -0.316 e. The van der Waals surface area contributed by atoms with Gasteiger partial charge < -0.3 is 5.32 Å². The highest BCUT2D eigenvalue weighted by Crippen LogP contribution is 2.31. The molecule has 0 amide bonds. The third-order valence-corrected chi connectivity index (χ3v) is 3.98. The third kappa shape index (κ3) is 3.22. The summed E-state index contributed by atoms with van der Waals surface area (Å²) in [7, 11) is 0. The largest absolute Gasteiger partial charge is 0.316 e. The molecule has 0 saturated carbocycles. The van der Waals surface area contributed by atoms with Gasteiger partial charge in [-0.15, -0.1) is 0 Å². The number of halogens is 1. The Labute approximate surface area is 125 Å². The van der Waals surface area contributed by atoms with Crippen molar-refractivity contribution in [1.29, 1.82) is 0 Å². The Balaban J connectivity index is 2.15. The van der Waals surface area contributed by atoms with Crippen LogP contribution in [0.2, 0.25) is 0 Å². The molecule has 1 heterocycles. The summed E-state index contributed by atoms with van der Waals surface area (Å²) in [5.74, 6) is -0.174. The van der Waals surface area contributed by atoms with Crippen LogP contribution in [0.5, 0.6) is 0 Å². The zero-order chi connectivity index (χ0) is 14.7. The van der Waals surface area contributed by atoms with Crippen LogP contribution in [0.15, 0.2) is 54.1 Å². The summed E-state index contributed by atoms with van der Waals surface area (Å²) in [5.41, 5.74) is 6.04. The molecule has 0 bridgehead atoms. The Kier molecular flexibility index (Phi) is 4.16. The van der Waals surface area contributed by atoms with E-state index in [1.807, 2.05) is 6.07 Å². The van der Waals surface area contributed by atoms with Gasteiger partial charge in [0.25, 0.3) is 0 Å². The van der Waals surface area contributed by atoms with Crippen molar-refractivity contribution >= 4 is 5.57 Å². The molecule has 2 aromatic rings. The molecule has 1 N–H and O–H groups in total. The van der Waals surface area contributed by atoms with Crippen molar-refractivity contribution in [2.75, 3.05) is 13.1 Å². The normalized spacial score (nSPS) is 15.0. The van der Waals surface area contributed by atoms with Gasteiger partial charge in [0, 0.05) is 0 Å². The van der Waals surface area contributed by atoms with E-state index >= 15 is 0 Å². The van der Waals surface area contributed by atoms with Crippen LogP contribution >= 0.6 is 0 Å². The lowest BCUT2D eigenvalue weighted by Gasteiger charge is -2.21. The van der Waals surface area contributed by atoms with Gasteiger partial charge in [-0.1, -0.05) is 47.5 Å². The fourth-order valence-corrected chi connectivity index (χ4v) is 3.00. The van der Waals surface area contributed by atoms with Crippen LogP contribution in [-0.4, -0.2) is 13.1 Å². The lowest BCUT2D eigenvalue weighted by molar-refractivity contribution is 0.611. The first kappa shape index (κ1) is 14.0. The summed E-state index contributed by atoms with van der Waals surface area (Å²) in [6, 6.07) is 15.4. The smallest absolute Gasteiger partial charge is 0.123 e. The molecule has 1 aliphatic heterocycles. The second-order valence-electron chi connectivity index (χ2n) is 5.61. The topological polar surface area (TPSA) is 12.0 Å². The van der Waals surface area contributed by atoms with Crippen molar-refractivity contribution in [3.8, 4) is 0 Å². The number of nitrogens with one attached hydrogen (secondary N) is 1. The van der Waals surface area contributed by atoms with Crippen molar-refractivity contribution in [1.82, 2.24) is 5.32 Å². The standard InChI is InChI=1S/C19H20FN/c1-14-4-2-5-16(12-14)19(15-8-10-21-11-9-15)17-6-3-7-18(20)13-17/h2-7,12-13,21H,8-11H2,1H3. The molecule has 0 radical (unpaired) electrons. The monoisotopic (exact) mass is 281 g/mol.